The zero-order chi connectivity index (χ0) is 14.2. The van der Waals surface area contributed by atoms with Crippen molar-refractivity contribution in [3.05, 3.63) is 29.6 Å². The predicted molar refractivity (Wildman–Crippen MR) is 77.2 cm³/mol. The van der Waals surface area contributed by atoms with E-state index in [0.29, 0.717) is 12.0 Å². The van der Waals surface area contributed by atoms with Crippen LogP contribution in [0, 0.1) is 11.8 Å². The van der Waals surface area contributed by atoms with Crippen LogP contribution in [-0.4, -0.2) is 40.6 Å². The van der Waals surface area contributed by atoms with E-state index in [1.54, 1.807) is 18.5 Å². The minimum Gasteiger partial charge on any atom is -0.395 e. The van der Waals surface area contributed by atoms with Gasteiger partial charge in [-0.2, -0.15) is 0 Å². The molecule has 1 saturated heterocycles. The first-order valence-corrected chi connectivity index (χ1v) is 7.15. The number of nitrogens with zero attached hydrogens (tertiary/aromatic N) is 2. The summed E-state index contributed by atoms with van der Waals surface area (Å²) in [7, 11) is 0. The largest absolute Gasteiger partial charge is 0.395 e. The van der Waals surface area contributed by atoms with Crippen molar-refractivity contribution >= 4 is 5.91 Å². The summed E-state index contributed by atoms with van der Waals surface area (Å²) in [6, 6.07) is 1.78. The van der Waals surface area contributed by atoms with Gasteiger partial charge in [0.2, 0.25) is 0 Å². The van der Waals surface area contributed by atoms with Crippen molar-refractivity contribution < 1.29 is 9.90 Å². The number of aliphatic hydroxyl groups excluding tert-OH is 1. The number of amides is 1. The minimum atomic E-state index is 0.0465. The standard InChI is InChI=1S/C16H20N2O2/c19-10-6-3-7-14-11-15(13-17-12-14)16(20)18-8-4-1-2-5-9-18/h11-13,19H,1-2,4-6,8-10H2. The monoisotopic (exact) mass is 272 g/mol. The molecule has 1 aliphatic rings. The number of carbonyl (C=O) groups is 1. The number of carbonyl (C=O) groups excluding carboxylic acids is 1. The highest BCUT2D eigenvalue weighted by Crippen LogP contribution is 2.13. The summed E-state index contributed by atoms with van der Waals surface area (Å²) >= 11 is 0. The molecule has 2 rings (SSSR count). The van der Waals surface area contributed by atoms with Gasteiger partial charge in [-0.25, -0.2) is 0 Å². The van der Waals surface area contributed by atoms with Gasteiger partial charge in [0.15, 0.2) is 0 Å². The van der Waals surface area contributed by atoms with Crippen molar-refractivity contribution in [2.24, 2.45) is 0 Å². The molecule has 0 aromatic carbocycles. The molecule has 1 aromatic heterocycles. The van der Waals surface area contributed by atoms with Crippen LogP contribution in [0.3, 0.4) is 0 Å². The number of aromatic nitrogens is 1. The molecule has 2 heterocycles. The number of pyridine rings is 1. The Hall–Kier alpha value is -1.86. The molecule has 0 aliphatic carbocycles. The summed E-state index contributed by atoms with van der Waals surface area (Å²) in [4.78, 5) is 18.4. The van der Waals surface area contributed by atoms with Gasteiger partial charge in [-0.3, -0.25) is 9.78 Å². The number of likely N-dealkylation sites (tertiary alicyclic amines) is 1. The Balaban J connectivity index is 2.09. The van der Waals surface area contributed by atoms with Crippen molar-refractivity contribution in [3.63, 3.8) is 0 Å². The average molecular weight is 272 g/mol. The van der Waals surface area contributed by atoms with Crippen LogP contribution in [-0.2, 0) is 0 Å². The zero-order valence-electron chi connectivity index (χ0n) is 11.6. The summed E-state index contributed by atoms with van der Waals surface area (Å²) in [5.41, 5.74) is 1.32. The fraction of sp³-hybridized carbons (Fsp3) is 0.500. The van der Waals surface area contributed by atoms with Gasteiger partial charge in [-0.05, 0) is 18.9 Å². The summed E-state index contributed by atoms with van der Waals surface area (Å²) in [5.74, 6) is 5.80. The van der Waals surface area contributed by atoms with Crippen LogP contribution in [0.1, 0.15) is 48.0 Å². The molecular weight excluding hydrogens is 252 g/mol. The molecule has 20 heavy (non-hydrogen) atoms. The first-order valence-electron chi connectivity index (χ1n) is 7.15. The van der Waals surface area contributed by atoms with Crippen molar-refractivity contribution in [1.29, 1.82) is 0 Å². The van der Waals surface area contributed by atoms with Crippen LogP contribution < -0.4 is 0 Å². The molecule has 1 amide bonds. The second-order valence-corrected chi connectivity index (χ2v) is 4.94. The highest BCUT2D eigenvalue weighted by molar-refractivity contribution is 5.94. The highest BCUT2D eigenvalue weighted by Gasteiger charge is 2.17. The van der Waals surface area contributed by atoms with Crippen molar-refractivity contribution in [1.82, 2.24) is 9.88 Å². The molecular formula is C16H20N2O2. The SMILES string of the molecule is O=C(c1cncc(C#CCCO)c1)N1CCCCCC1. The molecule has 0 saturated carbocycles. The Morgan fingerprint density at radius 1 is 1.25 bits per heavy atom. The van der Waals surface area contributed by atoms with Gasteiger partial charge in [0.25, 0.3) is 5.91 Å². The average Bonchev–Trinajstić information content (AvgIpc) is 2.76. The maximum absolute atomic E-state index is 12.4. The fourth-order valence-electron chi connectivity index (χ4n) is 2.30. The molecule has 0 spiro atoms. The third-order valence-electron chi connectivity index (χ3n) is 3.35. The molecule has 1 N–H and O–H groups in total. The van der Waals surface area contributed by atoms with E-state index < -0.39 is 0 Å². The fourth-order valence-corrected chi connectivity index (χ4v) is 2.30. The third kappa shape index (κ3) is 4.07. The molecule has 1 aromatic rings. The number of rotatable bonds is 2. The van der Waals surface area contributed by atoms with Crippen LogP contribution in [0.5, 0.6) is 0 Å². The maximum Gasteiger partial charge on any atom is 0.255 e. The number of hydrogen-bond donors (Lipinski definition) is 1. The van der Waals surface area contributed by atoms with Gasteiger partial charge < -0.3 is 10.0 Å². The summed E-state index contributed by atoms with van der Waals surface area (Å²) in [6.45, 7) is 1.71. The molecule has 0 unspecified atom stereocenters. The topological polar surface area (TPSA) is 53.4 Å². The molecule has 0 atom stereocenters. The van der Waals surface area contributed by atoms with Crippen LogP contribution >= 0.6 is 0 Å². The quantitative estimate of drug-likeness (QED) is 0.836. The Morgan fingerprint density at radius 3 is 2.70 bits per heavy atom. The minimum absolute atomic E-state index is 0.0465. The highest BCUT2D eigenvalue weighted by atomic mass is 16.2. The molecule has 0 radical (unpaired) electrons. The van der Waals surface area contributed by atoms with Gasteiger partial charge in [0, 0.05) is 37.5 Å². The predicted octanol–water partition coefficient (Wildman–Crippen LogP) is 1.83. The first kappa shape index (κ1) is 14.5. The Labute approximate surface area is 119 Å². The molecule has 4 heteroatoms. The van der Waals surface area contributed by atoms with Crippen LogP contribution in [0.25, 0.3) is 0 Å². The van der Waals surface area contributed by atoms with Gasteiger partial charge >= 0.3 is 0 Å². The van der Waals surface area contributed by atoms with Crippen LogP contribution in [0.15, 0.2) is 18.5 Å². The van der Waals surface area contributed by atoms with Gasteiger partial charge in [0.05, 0.1) is 12.2 Å². The lowest BCUT2D eigenvalue weighted by molar-refractivity contribution is 0.0761. The van der Waals surface area contributed by atoms with Crippen molar-refractivity contribution in [2.45, 2.75) is 32.1 Å². The van der Waals surface area contributed by atoms with E-state index in [4.69, 9.17) is 5.11 Å². The van der Waals surface area contributed by atoms with Gasteiger partial charge in [-0.1, -0.05) is 24.7 Å². The molecule has 1 aliphatic heterocycles. The van der Waals surface area contributed by atoms with E-state index in [0.717, 1.165) is 31.5 Å². The van der Waals surface area contributed by atoms with Crippen LogP contribution in [0.4, 0.5) is 0 Å². The van der Waals surface area contributed by atoms with E-state index in [2.05, 4.69) is 16.8 Å². The van der Waals surface area contributed by atoms with E-state index in [9.17, 15) is 4.79 Å². The van der Waals surface area contributed by atoms with E-state index in [-0.39, 0.29) is 12.5 Å². The molecule has 4 nitrogen and oxygen atoms in total. The van der Waals surface area contributed by atoms with E-state index in [1.165, 1.54) is 12.8 Å². The normalized spacial score (nSPS) is 15.2. The van der Waals surface area contributed by atoms with E-state index in [1.807, 2.05) is 4.90 Å². The summed E-state index contributed by atoms with van der Waals surface area (Å²) in [5, 5.41) is 8.70. The van der Waals surface area contributed by atoms with Crippen LogP contribution in [0.2, 0.25) is 0 Å². The second-order valence-electron chi connectivity index (χ2n) is 4.94. The Morgan fingerprint density at radius 2 is 2.00 bits per heavy atom. The molecule has 106 valence electrons. The lowest BCUT2D eigenvalue weighted by Crippen LogP contribution is -2.31. The van der Waals surface area contributed by atoms with Crippen molar-refractivity contribution in [2.75, 3.05) is 19.7 Å². The Bertz CT molecular complexity index is 509. The molecule has 0 bridgehead atoms. The molecule has 1 fully saturated rings. The third-order valence-corrected chi connectivity index (χ3v) is 3.35. The second kappa shape index (κ2) is 7.66. The number of aliphatic hydroxyl groups is 1. The van der Waals surface area contributed by atoms with Crippen molar-refractivity contribution in [3.8, 4) is 11.8 Å². The first-order chi connectivity index (χ1) is 9.81. The summed E-state index contributed by atoms with van der Waals surface area (Å²) in [6.07, 6.45) is 8.24. The van der Waals surface area contributed by atoms with Gasteiger partial charge in [-0.15, -0.1) is 0 Å². The number of hydrogen-bond acceptors (Lipinski definition) is 3. The lowest BCUT2D eigenvalue weighted by atomic mass is 10.2. The Kier molecular flexibility index (Phi) is 5.57. The maximum atomic E-state index is 12.4. The zero-order valence-corrected chi connectivity index (χ0v) is 11.6. The summed E-state index contributed by atoms with van der Waals surface area (Å²) < 4.78 is 0. The smallest absolute Gasteiger partial charge is 0.255 e. The lowest BCUT2D eigenvalue weighted by Gasteiger charge is -2.20. The van der Waals surface area contributed by atoms with Gasteiger partial charge in [0.1, 0.15) is 0 Å². The van der Waals surface area contributed by atoms with E-state index >= 15 is 0 Å².